The molecule has 2 aliphatic heterocycles. The van der Waals surface area contributed by atoms with E-state index in [0.29, 0.717) is 44.8 Å². The highest BCUT2D eigenvalue weighted by Crippen LogP contribution is 2.35. The standard InChI is InChI=1S/C20H27Cl3N4O3S/c1-12(2)10-20(3)18(28)27(19(24)25-20)11-13-4-6-26(7-5-13)31(29,30)17-9-15(22)14(21)8-16(17)23/h8-9,12-13H,4-7,10-11H2,1-3H3,(H2,24,25). The number of benzene rings is 1. The molecule has 2 aliphatic rings. The third-order valence-corrected chi connectivity index (χ3v) is 8.84. The summed E-state index contributed by atoms with van der Waals surface area (Å²) < 4.78 is 27.5. The number of carbonyl (C=O) groups is 1. The molecule has 0 bridgehead atoms. The summed E-state index contributed by atoms with van der Waals surface area (Å²) in [6.07, 6.45) is 1.82. The third-order valence-electron chi connectivity index (χ3n) is 5.76. The number of nitrogens with two attached hydrogens (primary N) is 1. The molecule has 0 aromatic heterocycles. The minimum Gasteiger partial charge on any atom is -0.369 e. The fraction of sp³-hybridized carbons (Fsp3) is 0.600. The predicted molar refractivity (Wildman–Crippen MR) is 124 cm³/mol. The van der Waals surface area contributed by atoms with Crippen LogP contribution in [0.15, 0.2) is 22.0 Å². The maximum absolute atomic E-state index is 13.1. The van der Waals surface area contributed by atoms with Crippen molar-refractivity contribution >= 4 is 56.7 Å². The maximum atomic E-state index is 13.1. The topological polar surface area (TPSA) is 96.1 Å². The lowest BCUT2D eigenvalue weighted by molar-refractivity contribution is -0.131. The summed E-state index contributed by atoms with van der Waals surface area (Å²) in [5.41, 5.74) is 5.24. The van der Waals surface area contributed by atoms with E-state index in [4.69, 9.17) is 40.5 Å². The molecule has 31 heavy (non-hydrogen) atoms. The molecule has 1 atom stereocenters. The first-order chi connectivity index (χ1) is 14.3. The molecule has 1 aromatic carbocycles. The molecule has 2 N–H and O–H groups in total. The molecule has 1 saturated heterocycles. The zero-order valence-electron chi connectivity index (χ0n) is 17.7. The zero-order chi connectivity index (χ0) is 23.1. The van der Waals surface area contributed by atoms with Crippen LogP contribution in [0.1, 0.15) is 40.0 Å². The van der Waals surface area contributed by atoms with E-state index < -0.39 is 15.6 Å². The maximum Gasteiger partial charge on any atom is 0.257 e. The van der Waals surface area contributed by atoms with E-state index in [1.807, 2.05) is 20.8 Å². The van der Waals surface area contributed by atoms with Crippen LogP contribution in [0.2, 0.25) is 15.1 Å². The lowest BCUT2D eigenvalue weighted by Crippen LogP contribution is -2.47. The van der Waals surface area contributed by atoms with Crippen molar-refractivity contribution in [3.63, 3.8) is 0 Å². The second-order valence-corrected chi connectivity index (χ2v) is 11.9. The van der Waals surface area contributed by atoms with E-state index in [1.54, 1.807) is 4.90 Å². The number of sulfonamides is 1. The molecule has 1 amide bonds. The molecular weight excluding hydrogens is 483 g/mol. The van der Waals surface area contributed by atoms with Crippen molar-refractivity contribution < 1.29 is 13.2 Å². The van der Waals surface area contributed by atoms with Gasteiger partial charge in [-0.05, 0) is 50.2 Å². The monoisotopic (exact) mass is 508 g/mol. The van der Waals surface area contributed by atoms with E-state index >= 15 is 0 Å². The fourth-order valence-electron chi connectivity index (χ4n) is 4.29. The van der Waals surface area contributed by atoms with Gasteiger partial charge in [0.05, 0.1) is 15.1 Å². The van der Waals surface area contributed by atoms with Crippen LogP contribution in [0, 0.1) is 11.8 Å². The van der Waals surface area contributed by atoms with Gasteiger partial charge in [-0.15, -0.1) is 0 Å². The smallest absolute Gasteiger partial charge is 0.257 e. The van der Waals surface area contributed by atoms with Crippen molar-refractivity contribution in [2.24, 2.45) is 22.6 Å². The van der Waals surface area contributed by atoms with Crippen molar-refractivity contribution in [3.8, 4) is 0 Å². The summed E-state index contributed by atoms with van der Waals surface area (Å²) in [4.78, 5) is 18.9. The van der Waals surface area contributed by atoms with Crippen LogP contribution in [0.25, 0.3) is 0 Å². The summed E-state index contributed by atoms with van der Waals surface area (Å²) in [6, 6.07) is 2.61. The molecule has 1 fully saturated rings. The highest BCUT2D eigenvalue weighted by atomic mass is 35.5. The minimum absolute atomic E-state index is 0.0348. The molecule has 172 valence electrons. The molecule has 0 saturated carbocycles. The van der Waals surface area contributed by atoms with E-state index in [9.17, 15) is 13.2 Å². The van der Waals surface area contributed by atoms with E-state index in [0.717, 1.165) is 0 Å². The first-order valence-corrected chi connectivity index (χ1v) is 12.7. The Bertz CT molecular complexity index is 1010. The average Bonchev–Trinajstić information content (AvgIpc) is 2.87. The molecule has 1 unspecified atom stereocenters. The fourth-order valence-corrected chi connectivity index (χ4v) is 6.74. The van der Waals surface area contributed by atoms with Gasteiger partial charge in [-0.1, -0.05) is 48.7 Å². The summed E-state index contributed by atoms with van der Waals surface area (Å²) >= 11 is 18.0. The second-order valence-electron chi connectivity index (χ2n) is 8.80. The van der Waals surface area contributed by atoms with Crippen LogP contribution < -0.4 is 5.73 Å². The SMILES string of the molecule is CC(C)CC1(C)N=C(N)N(CC2CCN(S(=O)(=O)c3cc(Cl)c(Cl)cc3Cl)CC2)C1=O. The Morgan fingerprint density at radius 3 is 2.32 bits per heavy atom. The van der Waals surface area contributed by atoms with E-state index in [1.165, 1.54) is 16.4 Å². The Morgan fingerprint density at radius 1 is 1.16 bits per heavy atom. The minimum atomic E-state index is -3.81. The quantitative estimate of drug-likeness (QED) is 0.586. The number of hydrogen-bond donors (Lipinski definition) is 1. The van der Waals surface area contributed by atoms with Crippen molar-refractivity contribution in [2.75, 3.05) is 19.6 Å². The van der Waals surface area contributed by atoms with Gasteiger partial charge in [0.25, 0.3) is 5.91 Å². The van der Waals surface area contributed by atoms with Crippen LogP contribution >= 0.6 is 34.8 Å². The highest BCUT2D eigenvalue weighted by molar-refractivity contribution is 7.89. The molecule has 11 heteroatoms. The van der Waals surface area contributed by atoms with Gasteiger partial charge in [-0.2, -0.15) is 4.31 Å². The number of carbonyl (C=O) groups excluding carboxylic acids is 1. The molecule has 0 radical (unpaired) electrons. The van der Waals surface area contributed by atoms with Crippen LogP contribution in [0.5, 0.6) is 0 Å². The normalized spacial score (nSPS) is 23.6. The largest absolute Gasteiger partial charge is 0.369 e. The molecule has 1 aromatic rings. The Balaban J connectivity index is 1.66. The Kier molecular flexibility index (Phi) is 7.18. The Morgan fingerprint density at radius 2 is 1.74 bits per heavy atom. The summed E-state index contributed by atoms with van der Waals surface area (Å²) in [7, 11) is -3.81. The lowest BCUT2D eigenvalue weighted by Gasteiger charge is -2.33. The number of rotatable bonds is 6. The molecule has 3 rings (SSSR count). The first-order valence-electron chi connectivity index (χ1n) is 10.2. The van der Waals surface area contributed by atoms with Crippen molar-refractivity contribution in [3.05, 3.63) is 27.2 Å². The van der Waals surface area contributed by atoms with Gasteiger partial charge in [-0.3, -0.25) is 9.69 Å². The molecule has 0 aliphatic carbocycles. The van der Waals surface area contributed by atoms with Crippen molar-refractivity contribution in [1.82, 2.24) is 9.21 Å². The van der Waals surface area contributed by atoms with Crippen LogP contribution in [-0.4, -0.2) is 54.7 Å². The van der Waals surface area contributed by atoms with Gasteiger partial charge in [0.1, 0.15) is 10.4 Å². The number of guanidine groups is 1. The molecule has 7 nitrogen and oxygen atoms in total. The number of aliphatic imine (C=N–C) groups is 1. The van der Waals surface area contributed by atoms with Gasteiger partial charge in [0.15, 0.2) is 5.96 Å². The van der Waals surface area contributed by atoms with Crippen molar-refractivity contribution in [2.45, 2.75) is 50.5 Å². The van der Waals surface area contributed by atoms with Crippen LogP contribution in [0.4, 0.5) is 0 Å². The summed E-state index contributed by atoms with van der Waals surface area (Å²) in [5, 5.41) is 0.363. The van der Waals surface area contributed by atoms with Gasteiger partial charge in [-0.25, -0.2) is 13.4 Å². The summed E-state index contributed by atoms with van der Waals surface area (Å²) in [5.74, 6) is 0.587. The van der Waals surface area contributed by atoms with Gasteiger partial charge < -0.3 is 5.73 Å². The van der Waals surface area contributed by atoms with Crippen molar-refractivity contribution in [1.29, 1.82) is 0 Å². The Hall–Kier alpha value is -1.06. The number of halogens is 3. The molecule has 2 heterocycles. The van der Waals surface area contributed by atoms with E-state index in [-0.39, 0.29) is 37.7 Å². The average molecular weight is 510 g/mol. The Labute approximate surface area is 198 Å². The first kappa shape index (κ1) is 24.6. The predicted octanol–water partition coefficient (Wildman–Crippen LogP) is 4.01. The van der Waals surface area contributed by atoms with Gasteiger partial charge >= 0.3 is 0 Å². The third kappa shape index (κ3) is 4.98. The number of hydrogen-bond acceptors (Lipinski definition) is 5. The summed E-state index contributed by atoms with van der Waals surface area (Å²) in [6.45, 7) is 6.96. The number of piperidine rings is 1. The van der Waals surface area contributed by atoms with Crippen LogP contribution in [0.3, 0.4) is 0 Å². The lowest BCUT2D eigenvalue weighted by atomic mass is 9.90. The van der Waals surface area contributed by atoms with Crippen LogP contribution in [-0.2, 0) is 14.8 Å². The molecular formula is C20H27Cl3N4O3S. The highest BCUT2D eigenvalue weighted by Gasteiger charge is 2.45. The van der Waals surface area contributed by atoms with E-state index in [2.05, 4.69) is 4.99 Å². The zero-order valence-corrected chi connectivity index (χ0v) is 20.8. The number of nitrogens with zero attached hydrogens (tertiary/aromatic N) is 3. The number of amides is 1. The second kappa shape index (κ2) is 9.06. The molecule has 0 spiro atoms. The van der Waals surface area contributed by atoms with Gasteiger partial charge in [0, 0.05) is 19.6 Å². The van der Waals surface area contributed by atoms with Gasteiger partial charge in [0.2, 0.25) is 10.0 Å².